The van der Waals surface area contributed by atoms with Crippen LogP contribution in [0.15, 0.2) is 12.2 Å². The molecule has 12 nitrogen and oxygen atoms in total. The van der Waals surface area contributed by atoms with Gasteiger partial charge in [-0.1, -0.05) is 58.3 Å². The normalized spacial score (nSPS) is 13.0. The lowest BCUT2D eigenvalue weighted by Crippen LogP contribution is -2.33. The van der Waals surface area contributed by atoms with E-state index in [2.05, 4.69) is 6.92 Å². The van der Waals surface area contributed by atoms with Crippen molar-refractivity contribution in [2.45, 2.75) is 71.1 Å². The van der Waals surface area contributed by atoms with Gasteiger partial charge in [0.05, 0.1) is 99.0 Å². The van der Waals surface area contributed by atoms with E-state index in [1.54, 1.807) is 0 Å². The summed E-state index contributed by atoms with van der Waals surface area (Å²) in [5.74, 6) is -0.756. The van der Waals surface area contributed by atoms with E-state index in [4.69, 9.17) is 37.9 Å². The minimum atomic E-state index is -0.306. The van der Waals surface area contributed by atoms with Gasteiger partial charge in [-0.25, -0.2) is 0 Å². The zero-order valence-electron chi connectivity index (χ0n) is 27.0. The van der Waals surface area contributed by atoms with E-state index >= 15 is 0 Å². The van der Waals surface area contributed by atoms with Crippen LogP contribution in [0.5, 0.6) is 0 Å². The summed E-state index contributed by atoms with van der Waals surface area (Å²) in [5.41, 5.74) is 0. The molecule has 44 heavy (non-hydrogen) atoms. The highest BCUT2D eigenvalue weighted by Gasteiger charge is 2.22. The first-order valence-corrected chi connectivity index (χ1v) is 16.4. The lowest BCUT2D eigenvalue weighted by Gasteiger charge is -2.13. The largest absolute Gasteiger partial charge is 0.463 e. The number of ether oxygens (including phenoxy) is 8. The quantitative estimate of drug-likeness (QED) is 0.0588. The molecule has 0 radical (unpaired) electrons. The van der Waals surface area contributed by atoms with Gasteiger partial charge in [-0.2, -0.15) is 0 Å². The first kappa shape index (κ1) is 40.1. The van der Waals surface area contributed by atoms with Crippen LogP contribution in [0, 0.1) is 0 Å². The highest BCUT2D eigenvalue weighted by Crippen LogP contribution is 2.10. The van der Waals surface area contributed by atoms with Crippen LogP contribution in [0.2, 0.25) is 0 Å². The number of carbonyl (C=O) groups excluding carboxylic acids is 3. The third-order valence-corrected chi connectivity index (χ3v) is 6.57. The van der Waals surface area contributed by atoms with Gasteiger partial charge in [0.1, 0.15) is 6.61 Å². The molecule has 12 heteroatoms. The highest BCUT2D eigenvalue weighted by molar-refractivity contribution is 6.12. The van der Waals surface area contributed by atoms with Crippen LogP contribution in [0.25, 0.3) is 0 Å². The molecule has 1 heterocycles. The van der Waals surface area contributed by atoms with Gasteiger partial charge in [-0.3, -0.25) is 19.3 Å². The fourth-order valence-corrected chi connectivity index (χ4v) is 4.10. The van der Waals surface area contributed by atoms with E-state index in [1.807, 2.05) is 0 Å². The molecule has 0 saturated carbocycles. The molecule has 1 aliphatic heterocycles. The second kappa shape index (κ2) is 31.1. The second-order valence-corrected chi connectivity index (χ2v) is 10.2. The molecule has 0 aliphatic carbocycles. The number of carbonyl (C=O) groups is 3. The van der Waals surface area contributed by atoms with Gasteiger partial charge in [0.2, 0.25) is 0 Å². The van der Waals surface area contributed by atoms with Gasteiger partial charge in [0.25, 0.3) is 11.8 Å². The van der Waals surface area contributed by atoms with Crippen LogP contribution in [0.4, 0.5) is 0 Å². The summed E-state index contributed by atoms with van der Waals surface area (Å²) in [4.78, 5) is 35.7. The fraction of sp³-hybridized carbons (Fsp3) is 0.844. The predicted molar refractivity (Wildman–Crippen MR) is 164 cm³/mol. The van der Waals surface area contributed by atoms with E-state index in [9.17, 15) is 14.4 Å². The average Bonchev–Trinajstić information content (AvgIpc) is 3.34. The molecular weight excluding hydrogens is 574 g/mol. The van der Waals surface area contributed by atoms with Crippen molar-refractivity contribution in [2.24, 2.45) is 0 Å². The minimum Gasteiger partial charge on any atom is -0.463 e. The third-order valence-electron chi connectivity index (χ3n) is 6.57. The van der Waals surface area contributed by atoms with Crippen molar-refractivity contribution < 1.29 is 52.3 Å². The zero-order valence-corrected chi connectivity index (χ0v) is 27.0. The maximum Gasteiger partial charge on any atom is 0.305 e. The first-order valence-electron chi connectivity index (χ1n) is 16.4. The summed E-state index contributed by atoms with van der Waals surface area (Å²) < 4.78 is 43.2. The number of hydrogen-bond acceptors (Lipinski definition) is 11. The van der Waals surface area contributed by atoms with Crippen LogP contribution in [-0.2, 0) is 52.3 Å². The van der Waals surface area contributed by atoms with Crippen LogP contribution in [0.1, 0.15) is 71.1 Å². The Morgan fingerprint density at radius 2 is 0.841 bits per heavy atom. The van der Waals surface area contributed by atoms with E-state index < -0.39 is 0 Å². The van der Waals surface area contributed by atoms with Crippen molar-refractivity contribution >= 4 is 17.8 Å². The Bertz CT molecular complexity index is 717. The fourth-order valence-electron chi connectivity index (χ4n) is 4.10. The Hall–Kier alpha value is -1.93. The summed E-state index contributed by atoms with van der Waals surface area (Å²) in [6.07, 6.45) is 14.1. The van der Waals surface area contributed by atoms with Crippen molar-refractivity contribution in [2.75, 3.05) is 106 Å². The minimum absolute atomic E-state index is 0.144. The molecule has 256 valence electrons. The summed E-state index contributed by atoms with van der Waals surface area (Å²) in [6, 6.07) is 0. The van der Waals surface area contributed by atoms with Crippen molar-refractivity contribution in [3.63, 3.8) is 0 Å². The Balaban J connectivity index is 1.66. The summed E-state index contributed by atoms with van der Waals surface area (Å²) in [7, 11) is 0. The molecule has 0 N–H and O–H groups in total. The number of hydrogen-bond donors (Lipinski definition) is 0. The molecule has 2 amide bonds. The number of amides is 2. The lowest BCUT2D eigenvalue weighted by molar-refractivity contribution is -0.145. The maximum absolute atomic E-state index is 11.8. The molecular formula is C32H57NO11. The standard InChI is InChI=1S/C32H57NO11/c1-2-3-4-5-6-7-8-9-10-11-32(36)44-29-28-43-27-26-42-25-24-41-23-22-40-21-20-39-19-18-38-17-16-37-15-14-33-30(34)12-13-31(33)35/h12-13H,2-11,14-29H2,1H3. The zero-order chi connectivity index (χ0) is 31.8. The topological polar surface area (TPSA) is 128 Å². The summed E-state index contributed by atoms with van der Waals surface area (Å²) >= 11 is 0. The van der Waals surface area contributed by atoms with Gasteiger partial charge in [-0.15, -0.1) is 0 Å². The van der Waals surface area contributed by atoms with Gasteiger partial charge in [0.15, 0.2) is 0 Å². The van der Waals surface area contributed by atoms with E-state index in [0.29, 0.717) is 92.3 Å². The number of nitrogens with zero attached hydrogens (tertiary/aromatic N) is 1. The van der Waals surface area contributed by atoms with E-state index in [1.165, 1.54) is 57.1 Å². The molecule has 0 aromatic rings. The molecule has 0 unspecified atom stereocenters. The molecule has 0 saturated heterocycles. The maximum atomic E-state index is 11.8. The smallest absolute Gasteiger partial charge is 0.305 e. The average molecular weight is 632 g/mol. The van der Waals surface area contributed by atoms with Crippen molar-refractivity contribution in [3.05, 3.63) is 12.2 Å². The number of rotatable bonds is 34. The van der Waals surface area contributed by atoms with Gasteiger partial charge in [-0.05, 0) is 6.42 Å². The third kappa shape index (κ3) is 25.4. The van der Waals surface area contributed by atoms with E-state index in [-0.39, 0.29) is 37.5 Å². The predicted octanol–water partition coefficient (Wildman–Crippen LogP) is 3.49. The Labute approximate surface area is 264 Å². The summed E-state index contributed by atoms with van der Waals surface area (Å²) in [6.45, 7) is 8.83. The van der Waals surface area contributed by atoms with Crippen LogP contribution < -0.4 is 0 Å². The van der Waals surface area contributed by atoms with Crippen molar-refractivity contribution in [3.8, 4) is 0 Å². The monoisotopic (exact) mass is 631 g/mol. The molecule has 1 rings (SSSR count). The SMILES string of the molecule is CCCCCCCCCCCC(=O)OCCOCCOCCOCCOCCOCCOCCOCCN1C(=O)C=CC1=O. The van der Waals surface area contributed by atoms with Crippen LogP contribution in [0.3, 0.4) is 0 Å². The molecule has 0 fully saturated rings. The second-order valence-electron chi connectivity index (χ2n) is 10.2. The first-order chi connectivity index (χ1) is 21.6. The van der Waals surface area contributed by atoms with Crippen molar-refractivity contribution in [1.29, 1.82) is 0 Å². The molecule has 0 aromatic carbocycles. The highest BCUT2D eigenvalue weighted by atomic mass is 16.6. The van der Waals surface area contributed by atoms with Gasteiger partial charge < -0.3 is 37.9 Å². The number of imide groups is 1. The molecule has 0 bridgehead atoms. The van der Waals surface area contributed by atoms with Crippen LogP contribution >= 0.6 is 0 Å². The van der Waals surface area contributed by atoms with Crippen molar-refractivity contribution in [1.82, 2.24) is 4.90 Å². The molecule has 0 aromatic heterocycles. The van der Waals surface area contributed by atoms with Crippen LogP contribution in [-0.4, -0.2) is 128 Å². The Morgan fingerprint density at radius 1 is 0.500 bits per heavy atom. The van der Waals surface area contributed by atoms with E-state index in [0.717, 1.165) is 17.7 Å². The van der Waals surface area contributed by atoms with Gasteiger partial charge >= 0.3 is 5.97 Å². The number of unbranched alkanes of at least 4 members (excludes halogenated alkanes) is 8. The Kier molecular flexibility index (Phi) is 28.3. The summed E-state index contributed by atoms with van der Waals surface area (Å²) in [5, 5.41) is 0. The number of esters is 1. The Morgan fingerprint density at radius 3 is 1.25 bits per heavy atom. The molecule has 1 aliphatic rings. The van der Waals surface area contributed by atoms with Gasteiger partial charge in [0, 0.05) is 18.6 Å². The molecule has 0 spiro atoms. The lowest BCUT2D eigenvalue weighted by atomic mass is 10.1. The molecule has 0 atom stereocenters.